The Kier molecular flexibility index (Phi) is 5.59. The lowest BCUT2D eigenvalue weighted by molar-refractivity contribution is -0.130. The van der Waals surface area contributed by atoms with E-state index in [9.17, 15) is 4.79 Å². The van der Waals surface area contributed by atoms with E-state index in [1.807, 2.05) is 4.68 Å². The van der Waals surface area contributed by atoms with Crippen molar-refractivity contribution in [2.24, 2.45) is 11.8 Å². The van der Waals surface area contributed by atoms with Gasteiger partial charge in [0, 0.05) is 39.1 Å². The van der Waals surface area contributed by atoms with Crippen LogP contribution in [0.1, 0.15) is 31.5 Å². The number of amides is 1. The van der Waals surface area contributed by atoms with Gasteiger partial charge >= 0.3 is 0 Å². The van der Waals surface area contributed by atoms with E-state index in [1.165, 1.54) is 0 Å². The predicted octanol–water partition coefficient (Wildman–Crippen LogP) is 0.710. The number of morpholine rings is 1. The van der Waals surface area contributed by atoms with Crippen molar-refractivity contribution in [2.75, 3.05) is 39.4 Å². The average molecular weight is 360 g/mol. The van der Waals surface area contributed by atoms with Gasteiger partial charge in [-0.2, -0.15) is 0 Å². The number of tetrazole rings is 1. The van der Waals surface area contributed by atoms with Crippen LogP contribution in [0.2, 0.25) is 0 Å². The van der Waals surface area contributed by atoms with Crippen molar-refractivity contribution in [3.63, 3.8) is 0 Å². The Bertz CT molecular complexity index is 623. The molecule has 0 aromatic carbocycles. The largest absolute Gasteiger partial charge is 0.379 e. The van der Waals surface area contributed by atoms with Gasteiger partial charge in [-0.25, -0.2) is 4.68 Å². The first-order valence-corrected chi connectivity index (χ1v) is 9.77. The number of ether oxygens (including phenoxy) is 1. The molecule has 8 heteroatoms. The molecular weight excluding hydrogens is 332 g/mol. The molecule has 26 heavy (non-hydrogen) atoms. The zero-order valence-electron chi connectivity index (χ0n) is 15.3. The van der Waals surface area contributed by atoms with E-state index < -0.39 is 0 Å². The van der Waals surface area contributed by atoms with Crippen molar-refractivity contribution in [1.82, 2.24) is 30.0 Å². The van der Waals surface area contributed by atoms with Gasteiger partial charge < -0.3 is 9.64 Å². The van der Waals surface area contributed by atoms with Crippen LogP contribution < -0.4 is 0 Å². The summed E-state index contributed by atoms with van der Waals surface area (Å²) in [5.41, 5.74) is 0. The van der Waals surface area contributed by atoms with Gasteiger partial charge in [-0.15, -0.1) is 5.10 Å². The summed E-state index contributed by atoms with van der Waals surface area (Å²) in [6.45, 7) is 6.66. The number of aromatic nitrogens is 4. The third-order valence-electron chi connectivity index (χ3n) is 5.81. The monoisotopic (exact) mass is 360 g/mol. The summed E-state index contributed by atoms with van der Waals surface area (Å²) in [7, 11) is 0. The van der Waals surface area contributed by atoms with Gasteiger partial charge in [-0.05, 0) is 41.5 Å². The highest BCUT2D eigenvalue weighted by molar-refractivity contribution is 5.76. The lowest BCUT2D eigenvalue weighted by Crippen LogP contribution is -2.36. The summed E-state index contributed by atoms with van der Waals surface area (Å²) < 4.78 is 7.22. The molecule has 1 aromatic heterocycles. The SMILES string of the molecule is O=C(CCCn1nnnc1CN1CCOCC1)N1C[C@H]2CC=CC[C@H]2C1. The van der Waals surface area contributed by atoms with Gasteiger partial charge in [0.1, 0.15) is 0 Å². The van der Waals surface area contributed by atoms with Crippen molar-refractivity contribution < 1.29 is 9.53 Å². The third kappa shape index (κ3) is 4.12. The van der Waals surface area contributed by atoms with Crippen LogP contribution in [-0.4, -0.2) is 75.3 Å². The summed E-state index contributed by atoms with van der Waals surface area (Å²) in [5.74, 6) is 2.49. The summed E-state index contributed by atoms with van der Waals surface area (Å²) in [6.07, 6.45) is 8.15. The number of aryl methyl sites for hydroxylation is 1. The molecule has 0 N–H and O–H groups in total. The first-order chi connectivity index (χ1) is 12.8. The van der Waals surface area contributed by atoms with E-state index in [2.05, 4.69) is 37.5 Å². The van der Waals surface area contributed by atoms with E-state index >= 15 is 0 Å². The highest BCUT2D eigenvalue weighted by Crippen LogP contribution is 2.33. The lowest BCUT2D eigenvalue weighted by Gasteiger charge is -2.25. The van der Waals surface area contributed by atoms with Crippen LogP contribution in [0.4, 0.5) is 0 Å². The molecule has 2 fully saturated rings. The molecule has 0 saturated carbocycles. The molecule has 0 radical (unpaired) electrons. The van der Waals surface area contributed by atoms with Crippen molar-refractivity contribution in [2.45, 2.75) is 38.8 Å². The predicted molar refractivity (Wildman–Crippen MR) is 95.1 cm³/mol. The number of rotatable bonds is 6. The van der Waals surface area contributed by atoms with Crippen LogP contribution >= 0.6 is 0 Å². The minimum Gasteiger partial charge on any atom is -0.379 e. The molecular formula is C18H28N6O2. The Morgan fingerprint density at radius 2 is 1.88 bits per heavy atom. The number of allylic oxidation sites excluding steroid dienone is 2. The molecule has 0 bridgehead atoms. The van der Waals surface area contributed by atoms with Gasteiger partial charge in [0.25, 0.3) is 0 Å². The molecule has 1 aliphatic carbocycles. The van der Waals surface area contributed by atoms with Crippen molar-refractivity contribution in [3.05, 3.63) is 18.0 Å². The highest BCUT2D eigenvalue weighted by atomic mass is 16.5. The van der Waals surface area contributed by atoms with E-state index in [1.54, 1.807) is 0 Å². The summed E-state index contributed by atoms with van der Waals surface area (Å²) in [4.78, 5) is 16.9. The summed E-state index contributed by atoms with van der Waals surface area (Å²) >= 11 is 0. The fourth-order valence-electron chi connectivity index (χ4n) is 4.23. The first kappa shape index (κ1) is 17.6. The Morgan fingerprint density at radius 1 is 1.15 bits per heavy atom. The highest BCUT2D eigenvalue weighted by Gasteiger charge is 2.34. The molecule has 142 valence electrons. The zero-order valence-corrected chi connectivity index (χ0v) is 15.3. The van der Waals surface area contributed by atoms with Crippen LogP contribution in [0.5, 0.6) is 0 Å². The third-order valence-corrected chi connectivity index (χ3v) is 5.81. The molecule has 3 aliphatic rings. The molecule has 2 aliphatic heterocycles. The normalized spacial score (nSPS) is 26.2. The average Bonchev–Trinajstić information content (AvgIpc) is 3.29. The first-order valence-electron chi connectivity index (χ1n) is 9.77. The van der Waals surface area contributed by atoms with Crippen LogP contribution in [0.15, 0.2) is 12.2 Å². The van der Waals surface area contributed by atoms with E-state index in [-0.39, 0.29) is 5.91 Å². The molecule has 0 spiro atoms. The van der Waals surface area contributed by atoms with E-state index in [0.29, 0.717) is 24.8 Å². The Balaban J connectivity index is 1.22. The number of hydrogen-bond acceptors (Lipinski definition) is 6. The van der Waals surface area contributed by atoms with Crippen molar-refractivity contribution >= 4 is 5.91 Å². The second-order valence-electron chi connectivity index (χ2n) is 7.57. The number of fused-ring (bicyclic) bond motifs is 1. The number of carbonyl (C=O) groups is 1. The fourth-order valence-corrected chi connectivity index (χ4v) is 4.23. The van der Waals surface area contributed by atoms with E-state index in [4.69, 9.17) is 4.74 Å². The minimum absolute atomic E-state index is 0.280. The minimum atomic E-state index is 0.280. The molecule has 8 nitrogen and oxygen atoms in total. The zero-order chi connectivity index (χ0) is 17.8. The molecule has 0 unspecified atom stereocenters. The Labute approximate surface area is 154 Å². The van der Waals surface area contributed by atoms with Gasteiger partial charge in [0.05, 0.1) is 19.8 Å². The van der Waals surface area contributed by atoms with Crippen LogP contribution in [0.25, 0.3) is 0 Å². The lowest BCUT2D eigenvalue weighted by atomic mass is 9.86. The summed E-state index contributed by atoms with van der Waals surface area (Å²) in [6, 6.07) is 0. The molecule has 4 rings (SSSR count). The molecule has 2 atom stereocenters. The van der Waals surface area contributed by atoms with Crippen molar-refractivity contribution in [1.29, 1.82) is 0 Å². The fraction of sp³-hybridized carbons (Fsp3) is 0.778. The second-order valence-corrected chi connectivity index (χ2v) is 7.57. The second kappa shape index (κ2) is 8.26. The van der Waals surface area contributed by atoms with Crippen LogP contribution in [-0.2, 0) is 22.6 Å². The van der Waals surface area contributed by atoms with Gasteiger partial charge in [-0.1, -0.05) is 12.2 Å². The molecule has 2 saturated heterocycles. The number of likely N-dealkylation sites (tertiary alicyclic amines) is 1. The Hall–Kier alpha value is -1.80. The maximum Gasteiger partial charge on any atom is 0.222 e. The molecule has 1 aromatic rings. The molecule has 3 heterocycles. The number of nitrogens with zero attached hydrogens (tertiary/aromatic N) is 6. The van der Waals surface area contributed by atoms with E-state index in [0.717, 1.165) is 71.0 Å². The van der Waals surface area contributed by atoms with Crippen LogP contribution in [0.3, 0.4) is 0 Å². The van der Waals surface area contributed by atoms with Gasteiger partial charge in [0.2, 0.25) is 5.91 Å². The Morgan fingerprint density at radius 3 is 2.62 bits per heavy atom. The van der Waals surface area contributed by atoms with Gasteiger partial charge in [-0.3, -0.25) is 9.69 Å². The quantitative estimate of drug-likeness (QED) is 0.696. The summed E-state index contributed by atoms with van der Waals surface area (Å²) in [5, 5.41) is 12.1. The molecule has 1 amide bonds. The smallest absolute Gasteiger partial charge is 0.222 e. The number of carbonyl (C=O) groups excluding carboxylic acids is 1. The standard InChI is InChI=1S/C18H28N6O2/c25-18(23-12-15-4-1-2-5-16(15)13-23)6-3-7-24-17(19-20-21-24)14-22-8-10-26-11-9-22/h1-2,15-16H,3-14H2/t15-,16+. The maximum absolute atomic E-state index is 12.5. The van der Waals surface area contributed by atoms with Crippen LogP contribution in [0, 0.1) is 11.8 Å². The topological polar surface area (TPSA) is 76.4 Å². The van der Waals surface area contributed by atoms with Crippen molar-refractivity contribution in [3.8, 4) is 0 Å². The number of hydrogen-bond donors (Lipinski definition) is 0. The van der Waals surface area contributed by atoms with Gasteiger partial charge in [0.15, 0.2) is 5.82 Å². The maximum atomic E-state index is 12.5.